The van der Waals surface area contributed by atoms with Crippen LogP contribution in [0.4, 0.5) is 0 Å². The lowest BCUT2D eigenvalue weighted by atomic mass is 10.0. The summed E-state index contributed by atoms with van der Waals surface area (Å²) in [5, 5.41) is 3.68. The predicted molar refractivity (Wildman–Crippen MR) is 54.3 cm³/mol. The van der Waals surface area contributed by atoms with E-state index >= 15 is 0 Å². The van der Waals surface area contributed by atoms with Crippen LogP contribution in [0.3, 0.4) is 0 Å². The van der Waals surface area contributed by atoms with Crippen molar-refractivity contribution in [2.45, 2.75) is 65.0 Å². The zero-order valence-corrected chi connectivity index (χ0v) is 8.77. The third-order valence-electron chi connectivity index (χ3n) is 2.61. The fraction of sp³-hybridized carbons (Fsp3) is 1.00. The summed E-state index contributed by atoms with van der Waals surface area (Å²) in [7, 11) is 0. The number of unbranched alkanes of at least 4 members (excludes halogenated alkanes) is 1. The van der Waals surface area contributed by atoms with Gasteiger partial charge in [0.25, 0.3) is 0 Å². The van der Waals surface area contributed by atoms with Gasteiger partial charge in [-0.15, -0.1) is 0 Å². The molecule has 0 aromatic carbocycles. The van der Waals surface area contributed by atoms with Crippen LogP contribution < -0.4 is 5.32 Å². The van der Waals surface area contributed by atoms with Gasteiger partial charge in [0.2, 0.25) is 0 Å². The fourth-order valence-corrected chi connectivity index (χ4v) is 1.81. The van der Waals surface area contributed by atoms with Gasteiger partial charge in [-0.2, -0.15) is 0 Å². The molecule has 1 N–H and O–H groups in total. The van der Waals surface area contributed by atoms with Crippen LogP contribution in [0.2, 0.25) is 0 Å². The number of nitrogens with one attached hydrogen (secondary N) is 1. The molecule has 1 aliphatic rings. The van der Waals surface area contributed by atoms with E-state index in [0.29, 0.717) is 6.04 Å². The molecule has 0 heterocycles. The van der Waals surface area contributed by atoms with Crippen molar-refractivity contribution in [2.75, 3.05) is 0 Å². The second-order valence-corrected chi connectivity index (χ2v) is 4.41. The van der Waals surface area contributed by atoms with Crippen molar-refractivity contribution in [3.63, 3.8) is 0 Å². The Hall–Kier alpha value is -0.0400. The third kappa shape index (κ3) is 3.57. The van der Waals surface area contributed by atoms with Crippen molar-refractivity contribution in [3.05, 3.63) is 0 Å². The summed E-state index contributed by atoms with van der Waals surface area (Å²) >= 11 is 0. The Bertz CT molecular complexity index is 116. The van der Waals surface area contributed by atoms with E-state index in [9.17, 15) is 0 Å². The van der Waals surface area contributed by atoms with Crippen LogP contribution in [-0.4, -0.2) is 12.1 Å². The summed E-state index contributed by atoms with van der Waals surface area (Å²) in [6.45, 7) is 6.78. The zero-order chi connectivity index (χ0) is 8.97. The van der Waals surface area contributed by atoms with E-state index < -0.39 is 0 Å². The molecule has 0 radical (unpaired) electrons. The Labute approximate surface area is 76.9 Å². The lowest BCUT2D eigenvalue weighted by molar-refractivity contribution is 0.391. The average molecular weight is 169 g/mol. The second-order valence-electron chi connectivity index (χ2n) is 4.41. The van der Waals surface area contributed by atoms with E-state index in [4.69, 9.17) is 0 Å². The highest BCUT2D eigenvalue weighted by molar-refractivity contribution is 4.86. The maximum Gasteiger partial charge on any atom is 0.00976 e. The molecule has 1 heteroatoms. The van der Waals surface area contributed by atoms with Crippen molar-refractivity contribution in [1.82, 2.24) is 5.32 Å². The van der Waals surface area contributed by atoms with Crippen LogP contribution in [0, 0.1) is 5.92 Å². The molecule has 0 aromatic heterocycles. The summed E-state index contributed by atoms with van der Waals surface area (Å²) in [4.78, 5) is 0. The maximum atomic E-state index is 3.68. The van der Waals surface area contributed by atoms with Gasteiger partial charge in [0.1, 0.15) is 0 Å². The Morgan fingerprint density at radius 3 is 2.42 bits per heavy atom. The van der Waals surface area contributed by atoms with Gasteiger partial charge in [0.15, 0.2) is 0 Å². The largest absolute Gasteiger partial charge is 0.312 e. The normalized spacial score (nSPS) is 20.0. The van der Waals surface area contributed by atoms with Crippen LogP contribution in [-0.2, 0) is 0 Å². The molecule has 1 atom stereocenters. The van der Waals surface area contributed by atoms with E-state index in [-0.39, 0.29) is 0 Å². The monoisotopic (exact) mass is 169 g/mol. The lowest BCUT2D eigenvalue weighted by Gasteiger charge is -2.20. The van der Waals surface area contributed by atoms with Crippen LogP contribution in [0.25, 0.3) is 0 Å². The lowest BCUT2D eigenvalue weighted by Crippen LogP contribution is -2.36. The first kappa shape index (κ1) is 10.0. The summed E-state index contributed by atoms with van der Waals surface area (Å²) in [5.74, 6) is 1.01. The average Bonchev–Trinajstić information content (AvgIpc) is 2.79. The standard InChI is InChI=1S/C11H23N/c1-4-5-6-11(10-7-8-10)12-9(2)3/h9-12H,4-8H2,1-3H3. The predicted octanol–water partition coefficient (Wildman–Crippen LogP) is 2.95. The van der Waals surface area contributed by atoms with Crippen LogP contribution >= 0.6 is 0 Å². The highest BCUT2D eigenvalue weighted by Gasteiger charge is 2.30. The minimum atomic E-state index is 0.660. The van der Waals surface area contributed by atoms with E-state index in [1.54, 1.807) is 0 Å². The molecule has 1 aliphatic carbocycles. The van der Waals surface area contributed by atoms with Crippen molar-refractivity contribution in [2.24, 2.45) is 5.92 Å². The van der Waals surface area contributed by atoms with Gasteiger partial charge in [-0.3, -0.25) is 0 Å². The molecular weight excluding hydrogens is 146 g/mol. The molecule has 1 unspecified atom stereocenters. The highest BCUT2D eigenvalue weighted by Crippen LogP contribution is 2.34. The molecule has 72 valence electrons. The molecular formula is C11H23N. The molecule has 0 aromatic rings. The second kappa shape index (κ2) is 4.86. The summed E-state index contributed by atoms with van der Waals surface area (Å²) in [6.07, 6.45) is 7.05. The molecule has 0 spiro atoms. The Morgan fingerprint density at radius 2 is 2.00 bits per heavy atom. The smallest absolute Gasteiger partial charge is 0.00976 e. The Kier molecular flexibility index (Phi) is 4.07. The van der Waals surface area contributed by atoms with Crippen molar-refractivity contribution < 1.29 is 0 Å². The molecule has 1 rings (SSSR count). The van der Waals surface area contributed by atoms with Gasteiger partial charge in [-0.1, -0.05) is 33.6 Å². The summed E-state index contributed by atoms with van der Waals surface area (Å²) in [6, 6.07) is 1.48. The molecule has 0 amide bonds. The van der Waals surface area contributed by atoms with Crippen molar-refractivity contribution >= 4 is 0 Å². The topological polar surface area (TPSA) is 12.0 Å². The Balaban J connectivity index is 2.18. The third-order valence-corrected chi connectivity index (χ3v) is 2.61. The minimum Gasteiger partial charge on any atom is -0.312 e. The van der Waals surface area contributed by atoms with Crippen molar-refractivity contribution in [3.8, 4) is 0 Å². The fourth-order valence-electron chi connectivity index (χ4n) is 1.81. The molecule has 1 fully saturated rings. The first-order chi connectivity index (χ1) is 5.74. The van der Waals surface area contributed by atoms with Gasteiger partial charge < -0.3 is 5.32 Å². The van der Waals surface area contributed by atoms with Crippen LogP contribution in [0.15, 0.2) is 0 Å². The first-order valence-electron chi connectivity index (χ1n) is 5.50. The SMILES string of the molecule is CCCCC(NC(C)C)C1CC1. The van der Waals surface area contributed by atoms with E-state index in [0.717, 1.165) is 12.0 Å². The van der Waals surface area contributed by atoms with Crippen LogP contribution in [0.1, 0.15) is 52.9 Å². The number of hydrogen-bond donors (Lipinski definition) is 1. The van der Waals surface area contributed by atoms with E-state index in [2.05, 4.69) is 26.1 Å². The summed E-state index contributed by atoms with van der Waals surface area (Å²) in [5.41, 5.74) is 0. The van der Waals surface area contributed by atoms with Gasteiger partial charge in [0.05, 0.1) is 0 Å². The number of rotatable bonds is 6. The zero-order valence-electron chi connectivity index (χ0n) is 8.77. The molecule has 0 saturated heterocycles. The molecule has 12 heavy (non-hydrogen) atoms. The van der Waals surface area contributed by atoms with Crippen LogP contribution in [0.5, 0.6) is 0 Å². The number of hydrogen-bond acceptors (Lipinski definition) is 1. The van der Waals surface area contributed by atoms with E-state index in [1.807, 2.05) is 0 Å². The van der Waals surface area contributed by atoms with Crippen molar-refractivity contribution in [1.29, 1.82) is 0 Å². The highest BCUT2D eigenvalue weighted by atomic mass is 14.9. The molecule has 1 nitrogen and oxygen atoms in total. The first-order valence-corrected chi connectivity index (χ1v) is 5.50. The Morgan fingerprint density at radius 1 is 1.33 bits per heavy atom. The minimum absolute atomic E-state index is 0.660. The van der Waals surface area contributed by atoms with Gasteiger partial charge in [-0.05, 0) is 25.2 Å². The molecule has 0 bridgehead atoms. The molecule has 1 saturated carbocycles. The maximum absolute atomic E-state index is 3.68. The van der Waals surface area contributed by atoms with E-state index in [1.165, 1.54) is 32.1 Å². The summed E-state index contributed by atoms with van der Waals surface area (Å²) < 4.78 is 0. The molecule has 0 aliphatic heterocycles. The quantitative estimate of drug-likeness (QED) is 0.644. The van der Waals surface area contributed by atoms with Gasteiger partial charge >= 0.3 is 0 Å². The van der Waals surface area contributed by atoms with Gasteiger partial charge in [0, 0.05) is 12.1 Å². The van der Waals surface area contributed by atoms with Gasteiger partial charge in [-0.25, -0.2) is 0 Å².